The van der Waals surface area contributed by atoms with E-state index in [0.29, 0.717) is 23.5 Å². The van der Waals surface area contributed by atoms with Crippen molar-refractivity contribution in [3.05, 3.63) is 18.7 Å². The second kappa shape index (κ2) is 7.81. The lowest BCUT2D eigenvalue weighted by atomic mass is 10.5. The summed E-state index contributed by atoms with van der Waals surface area (Å²) in [5.41, 5.74) is 0. The predicted molar refractivity (Wildman–Crippen MR) is 78.2 cm³/mol. The van der Waals surface area contributed by atoms with Crippen molar-refractivity contribution in [3.8, 4) is 5.95 Å². The maximum Gasteiger partial charge on any atom is 0.240 e. The Morgan fingerprint density at radius 2 is 2.25 bits per heavy atom. The summed E-state index contributed by atoms with van der Waals surface area (Å²) in [5, 5.41) is 12.6. The molecule has 2 N–H and O–H groups in total. The molecule has 0 atom stereocenters. The van der Waals surface area contributed by atoms with Gasteiger partial charge in [-0.25, -0.2) is 4.98 Å². The maximum atomic E-state index is 8.83. The highest BCUT2D eigenvalue weighted by Gasteiger charge is 2.08. The number of rotatable bonds is 8. The third-order valence-electron chi connectivity index (χ3n) is 2.41. The lowest BCUT2D eigenvalue weighted by Gasteiger charge is -2.08. The highest BCUT2D eigenvalue weighted by molar-refractivity contribution is 7.99. The molecule has 0 fully saturated rings. The zero-order valence-corrected chi connectivity index (χ0v) is 12.2. The number of nitrogens with one attached hydrogen (secondary N) is 1. The van der Waals surface area contributed by atoms with Crippen molar-refractivity contribution in [3.63, 3.8) is 0 Å². The van der Waals surface area contributed by atoms with Crippen LogP contribution in [0.4, 0.5) is 5.95 Å². The quantitative estimate of drug-likeness (QED) is 0.561. The topological polar surface area (TPSA) is 88.8 Å². The van der Waals surface area contributed by atoms with Crippen molar-refractivity contribution in [2.75, 3.05) is 24.2 Å². The molecule has 0 spiro atoms. The number of nitrogens with zero attached hydrogens (tertiary/aromatic N) is 5. The van der Waals surface area contributed by atoms with Gasteiger partial charge in [-0.05, 0) is 12.8 Å². The minimum Gasteiger partial charge on any atom is -0.396 e. The molecule has 0 saturated heterocycles. The summed E-state index contributed by atoms with van der Waals surface area (Å²) in [6.45, 7) is 3.07. The summed E-state index contributed by atoms with van der Waals surface area (Å²) in [7, 11) is 0. The van der Waals surface area contributed by atoms with Crippen LogP contribution >= 0.6 is 11.8 Å². The second-order valence-corrected chi connectivity index (χ2v) is 5.13. The summed E-state index contributed by atoms with van der Waals surface area (Å²) >= 11 is 1.51. The normalized spacial score (nSPS) is 10.7. The molecule has 8 heteroatoms. The molecule has 2 heterocycles. The second-order valence-electron chi connectivity index (χ2n) is 4.06. The van der Waals surface area contributed by atoms with Gasteiger partial charge in [0.1, 0.15) is 6.33 Å². The van der Waals surface area contributed by atoms with Crippen LogP contribution in [0.25, 0.3) is 5.95 Å². The minimum absolute atomic E-state index is 0.174. The van der Waals surface area contributed by atoms with E-state index in [1.54, 1.807) is 23.3 Å². The predicted octanol–water partition coefficient (Wildman–Crippen LogP) is 1.35. The van der Waals surface area contributed by atoms with Crippen LogP contribution in [-0.4, -0.2) is 48.5 Å². The molecule has 0 aromatic carbocycles. The molecular formula is C12H18N6OS. The highest BCUT2D eigenvalue weighted by atomic mass is 32.2. The molecule has 20 heavy (non-hydrogen) atoms. The first-order valence-electron chi connectivity index (χ1n) is 6.55. The molecule has 0 amide bonds. The lowest BCUT2D eigenvalue weighted by Crippen LogP contribution is -2.10. The number of aliphatic hydroxyl groups excluding tert-OH is 1. The Balaban J connectivity index is 2.19. The van der Waals surface area contributed by atoms with E-state index in [2.05, 4.69) is 32.2 Å². The highest BCUT2D eigenvalue weighted by Crippen LogP contribution is 2.17. The number of thioether (sulfide) groups is 1. The molecular weight excluding hydrogens is 276 g/mol. The van der Waals surface area contributed by atoms with Gasteiger partial charge in [0.25, 0.3) is 0 Å². The van der Waals surface area contributed by atoms with E-state index in [1.165, 1.54) is 11.8 Å². The molecule has 2 aromatic rings. The van der Waals surface area contributed by atoms with Crippen molar-refractivity contribution in [2.45, 2.75) is 24.9 Å². The Hall–Kier alpha value is -1.67. The third kappa shape index (κ3) is 4.17. The van der Waals surface area contributed by atoms with Gasteiger partial charge in [-0.1, -0.05) is 18.7 Å². The SMILES string of the molecule is CCCNc1nc(SCCCO)nc(-n2ccnc2)n1. The smallest absolute Gasteiger partial charge is 0.240 e. The standard InChI is InChI=1S/C12H18N6OS/c1-2-4-14-10-15-11(18-6-5-13-9-18)17-12(16-10)20-8-3-7-19/h5-6,9,19H,2-4,7-8H2,1H3,(H,14,15,16,17). The summed E-state index contributed by atoms with van der Waals surface area (Å²) in [6.07, 6.45) is 6.84. The number of aromatic nitrogens is 5. The fourth-order valence-corrected chi connectivity index (χ4v) is 2.20. The maximum absolute atomic E-state index is 8.83. The van der Waals surface area contributed by atoms with Gasteiger partial charge in [-0.15, -0.1) is 0 Å². The molecule has 0 aliphatic carbocycles. The Bertz CT molecular complexity index is 519. The van der Waals surface area contributed by atoms with Gasteiger partial charge >= 0.3 is 0 Å². The molecule has 0 aliphatic heterocycles. The first-order valence-corrected chi connectivity index (χ1v) is 7.54. The van der Waals surface area contributed by atoms with E-state index in [4.69, 9.17) is 5.11 Å². The van der Waals surface area contributed by atoms with Crippen LogP contribution < -0.4 is 5.32 Å². The van der Waals surface area contributed by atoms with Crippen LogP contribution in [-0.2, 0) is 0 Å². The van der Waals surface area contributed by atoms with Gasteiger partial charge in [0.15, 0.2) is 5.16 Å². The third-order valence-corrected chi connectivity index (χ3v) is 3.34. The number of anilines is 1. The Morgan fingerprint density at radius 1 is 1.35 bits per heavy atom. The van der Waals surface area contributed by atoms with Gasteiger partial charge in [-0.3, -0.25) is 4.57 Å². The first-order chi connectivity index (χ1) is 9.83. The fraction of sp³-hybridized carbons (Fsp3) is 0.500. The van der Waals surface area contributed by atoms with Crippen molar-refractivity contribution in [1.29, 1.82) is 0 Å². The molecule has 0 bridgehead atoms. The van der Waals surface area contributed by atoms with E-state index >= 15 is 0 Å². The van der Waals surface area contributed by atoms with Crippen molar-refractivity contribution in [2.24, 2.45) is 0 Å². The van der Waals surface area contributed by atoms with E-state index < -0.39 is 0 Å². The van der Waals surface area contributed by atoms with Crippen LogP contribution in [0, 0.1) is 0 Å². The molecule has 2 rings (SSSR count). The summed E-state index contributed by atoms with van der Waals surface area (Å²) in [4.78, 5) is 17.1. The molecule has 108 valence electrons. The average molecular weight is 294 g/mol. The number of hydrogen-bond acceptors (Lipinski definition) is 7. The largest absolute Gasteiger partial charge is 0.396 e. The zero-order chi connectivity index (χ0) is 14.2. The Morgan fingerprint density at radius 3 is 2.95 bits per heavy atom. The van der Waals surface area contributed by atoms with Crippen molar-refractivity contribution >= 4 is 17.7 Å². The molecule has 2 aromatic heterocycles. The summed E-state index contributed by atoms with van der Waals surface area (Å²) < 4.78 is 1.74. The molecule has 0 saturated carbocycles. The molecule has 0 radical (unpaired) electrons. The van der Waals surface area contributed by atoms with Crippen molar-refractivity contribution < 1.29 is 5.11 Å². The van der Waals surface area contributed by atoms with Crippen LogP contribution in [0.5, 0.6) is 0 Å². The van der Waals surface area contributed by atoms with Gasteiger partial charge in [-0.2, -0.15) is 15.0 Å². The number of aliphatic hydroxyl groups is 1. The van der Waals surface area contributed by atoms with Gasteiger partial charge in [0.2, 0.25) is 11.9 Å². The number of hydrogen-bond donors (Lipinski definition) is 2. The van der Waals surface area contributed by atoms with Gasteiger partial charge in [0.05, 0.1) is 0 Å². The van der Waals surface area contributed by atoms with E-state index in [-0.39, 0.29) is 6.61 Å². The van der Waals surface area contributed by atoms with Gasteiger partial charge < -0.3 is 10.4 Å². The Kier molecular flexibility index (Phi) is 5.75. The lowest BCUT2D eigenvalue weighted by molar-refractivity contribution is 0.296. The number of imidazole rings is 1. The Labute approximate surface area is 121 Å². The van der Waals surface area contributed by atoms with E-state index in [0.717, 1.165) is 18.7 Å². The van der Waals surface area contributed by atoms with Crippen LogP contribution in [0.3, 0.4) is 0 Å². The van der Waals surface area contributed by atoms with Gasteiger partial charge in [0, 0.05) is 31.3 Å². The minimum atomic E-state index is 0.174. The molecule has 0 aliphatic rings. The van der Waals surface area contributed by atoms with Crippen LogP contribution in [0.2, 0.25) is 0 Å². The fourth-order valence-electron chi connectivity index (χ4n) is 1.45. The van der Waals surface area contributed by atoms with E-state index in [1.807, 2.05) is 0 Å². The monoisotopic (exact) mass is 294 g/mol. The first kappa shape index (κ1) is 14.7. The molecule has 7 nitrogen and oxygen atoms in total. The van der Waals surface area contributed by atoms with Crippen LogP contribution in [0.15, 0.2) is 23.9 Å². The average Bonchev–Trinajstić information content (AvgIpc) is 2.99. The van der Waals surface area contributed by atoms with E-state index in [9.17, 15) is 0 Å². The van der Waals surface area contributed by atoms with Crippen LogP contribution in [0.1, 0.15) is 19.8 Å². The zero-order valence-electron chi connectivity index (χ0n) is 11.4. The summed E-state index contributed by atoms with van der Waals surface area (Å²) in [6, 6.07) is 0. The molecule has 0 unspecified atom stereocenters. The van der Waals surface area contributed by atoms with Crippen molar-refractivity contribution in [1.82, 2.24) is 24.5 Å². The summed E-state index contributed by atoms with van der Waals surface area (Å²) in [5.74, 6) is 1.89.